The summed E-state index contributed by atoms with van der Waals surface area (Å²) >= 11 is 7.33. The van der Waals surface area contributed by atoms with E-state index < -0.39 is 28.4 Å². The second-order valence-corrected chi connectivity index (χ2v) is 9.03. The number of halogens is 1. The van der Waals surface area contributed by atoms with Crippen LogP contribution < -0.4 is 0 Å². The third-order valence-electron chi connectivity index (χ3n) is 5.58. The van der Waals surface area contributed by atoms with Gasteiger partial charge in [0.2, 0.25) is 0 Å². The summed E-state index contributed by atoms with van der Waals surface area (Å²) in [5.74, 6) is -1.95. The fourth-order valence-corrected chi connectivity index (χ4v) is 5.04. The maximum absolute atomic E-state index is 13.1. The number of carbonyl (C=O) groups is 2. The molecule has 1 aliphatic rings. The van der Waals surface area contributed by atoms with Gasteiger partial charge in [-0.1, -0.05) is 35.9 Å². The Morgan fingerprint density at radius 1 is 1.18 bits per heavy atom. The fourth-order valence-electron chi connectivity index (χ4n) is 3.87. The van der Waals surface area contributed by atoms with Crippen LogP contribution in [0.15, 0.2) is 65.6 Å². The van der Waals surface area contributed by atoms with E-state index in [9.17, 15) is 24.8 Å². The van der Waals surface area contributed by atoms with Crippen LogP contribution in [-0.4, -0.2) is 33.2 Å². The largest absolute Gasteiger partial charge is 0.507 e. The van der Waals surface area contributed by atoms with Crippen LogP contribution in [0.4, 0.5) is 5.69 Å². The normalized spacial score (nSPS) is 17.5. The van der Waals surface area contributed by atoms with Crippen molar-refractivity contribution in [3.05, 3.63) is 102 Å². The zero-order valence-corrected chi connectivity index (χ0v) is 19.1. The molecule has 2 aromatic carbocycles. The first-order valence-corrected chi connectivity index (χ1v) is 11.4. The Balaban J connectivity index is 1.78. The smallest absolute Gasteiger partial charge is 0.295 e. The number of aryl methyl sites for hydroxylation is 1. The van der Waals surface area contributed by atoms with E-state index >= 15 is 0 Å². The van der Waals surface area contributed by atoms with Crippen LogP contribution in [0.2, 0.25) is 5.02 Å². The van der Waals surface area contributed by atoms with Crippen molar-refractivity contribution in [3.63, 3.8) is 0 Å². The van der Waals surface area contributed by atoms with Crippen molar-refractivity contribution in [1.82, 2.24) is 4.90 Å². The molecule has 1 fully saturated rings. The van der Waals surface area contributed by atoms with Gasteiger partial charge in [-0.3, -0.25) is 19.7 Å². The van der Waals surface area contributed by atoms with E-state index in [1.165, 1.54) is 40.5 Å². The Morgan fingerprint density at radius 2 is 1.91 bits per heavy atom. The van der Waals surface area contributed by atoms with E-state index in [1.54, 1.807) is 12.1 Å². The van der Waals surface area contributed by atoms with Crippen LogP contribution >= 0.6 is 22.9 Å². The van der Waals surface area contributed by atoms with Gasteiger partial charge in [0.05, 0.1) is 16.5 Å². The predicted octanol–water partition coefficient (Wildman–Crippen LogP) is 5.28. The van der Waals surface area contributed by atoms with Crippen molar-refractivity contribution in [3.8, 4) is 0 Å². The van der Waals surface area contributed by atoms with Crippen LogP contribution in [0.25, 0.3) is 5.76 Å². The molecule has 4 rings (SSSR count). The molecule has 1 amide bonds. The molecule has 2 heterocycles. The number of non-ortho nitro benzene ring substituents is 1. The highest BCUT2D eigenvalue weighted by atomic mass is 35.5. The summed E-state index contributed by atoms with van der Waals surface area (Å²) in [6.07, 6.45) is 0.488. The zero-order valence-electron chi connectivity index (χ0n) is 17.5. The molecule has 1 saturated heterocycles. The number of nitro groups is 1. The summed E-state index contributed by atoms with van der Waals surface area (Å²) in [6.45, 7) is 2.12. The minimum atomic E-state index is -0.812. The summed E-state index contributed by atoms with van der Waals surface area (Å²) in [4.78, 5) is 38.9. The topological polar surface area (TPSA) is 101 Å². The first-order valence-electron chi connectivity index (χ1n) is 10.1. The number of aliphatic hydroxyl groups excluding tert-OH is 1. The van der Waals surface area contributed by atoms with Crippen molar-refractivity contribution in [2.24, 2.45) is 0 Å². The lowest BCUT2D eigenvalue weighted by Gasteiger charge is -2.25. The number of nitro benzene ring substituents is 1. The maximum atomic E-state index is 13.1. The molecule has 0 saturated carbocycles. The maximum Gasteiger partial charge on any atom is 0.295 e. The number of benzene rings is 2. The number of Topliss-reactive ketones (excluding diaryl/α,β-unsaturated/α-hetero) is 1. The average Bonchev–Trinajstić information content (AvgIpc) is 3.33. The molecule has 7 nitrogen and oxygen atoms in total. The lowest BCUT2D eigenvalue weighted by Crippen LogP contribution is -2.31. The van der Waals surface area contributed by atoms with Crippen molar-refractivity contribution in [2.45, 2.75) is 19.4 Å². The van der Waals surface area contributed by atoms with Gasteiger partial charge in [0.25, 0.3) is 17.4 Å². The number of carbonyl (C=O) groups excluding carboxylic acids is 2. The number of hydrogen-bond donors (Lipinski definition) is 1. The van der Waals surface area contributed by atoms with E-state index in [2.05, 4.69) is 0 Å². The summed E-state index contributed by atoms with van der Waals surface area (Å²) in [5, 5.41) is 24.7. The van der Waals surface area contributed by atoms with Gasteiger partial charge in [-0.05, 0) is 48.1 Å². The van der Waals surface area contributed by atoms with Gasteiger partial charge in [0.1, 0.15) is 5.76 Å². The van der Waals surface area contributed by atoms with Crippen molar-refractivity contribution >= 4 is 46.1 Å². The van der Waals surface area contributed by atoms with Crippen LogP contribution in [-0.2, 0) is 16.0 Å². The van der Waals surface area contributed by atoms with Gasteiger partial charge in [-0.15, -0.1) is 11.3 Å². The van der Waals surface area contributed by atoms with Gasteiger partial charge in [0.15, 0.2) is 0 Å². The van der Waals surface area contributed by atoms with E-state index in [4.69, 9.17) is 11.6 Å². The third-order valence-corrected chi connectivity index (χ3v) is 6.90. The van der Waals surface area contributed by atoms with Gasteiger partial charge in [-0.2, -0.15) is 0 Å². The van der Waals surface area contributed by atoms with Crippen molar-refractivity contribution < 1.29 is 19.6 Å². The van der Waals surface area contributed by atoms with E-state index in [-0.39, 0.29) is 23.4 Å². The minimum Gasteiger partial charge on any atom is -0.507 e. The standard InChI is InChI=1S/C24H19ClN2O5S/c1-14-10-12-33-23(14)20-19(21(28)16-3-2-4-18(13-16)27(31)32)22(29)24(30)26(20)11-9-15-5-7-17(25)8-6-15/h2-8,10,12-13,20,28H,9,11H2,1H3/b21-19-. The summed E-state index contributed by atoms with van der Waals surface area (Å²) in [5.41, 5.74) is 1.65. The Hall–Kier alpha value is -3.49. The van der Waals surface area contributed by atoms with Gasteiger partial charge in [0, 0.05) is 34.1 Å². The lowest BCUT2D eigenvalue weighted by molar-refractivity contribution is -0.384. The molecular weight excluding hydrogens is 464 g/mol. The van der Waals surface area contributed by atoms with Gasteiger partial charge >= 0.3 is 0 Å². The number of ketones is 1. The second kappa shape index (κ2) is 9.17. The third kappa shape index (κ3) is 4.40. The van der Waals surface area contributed by atoms with Gasteiger partial charge < -0.3 is 10.0 Å². The molecule has 0 bridgehead atoms. The number of aliphatic hydroxyl groups is 1. The predicted molar refractivity (Wildman–Crippen MR) is 126 cm³/mol. The molecule has 1 aromatic heterocycles. The average molecular weight is 483 g/mol. The molecule has 3 aromatic rings. The number of likely N-dealkylation sites (tertiary alicyclic amines) is 1. The van der Waals surface area contributed by atoms with E-state index in [1.807, 2.05) is 30.5 Å². The first-order chi connectivity index (χ1) is 15.8. The quantitative estimate of drug-likeness (QED) is 0.169. The summed E-state index contributed by atoms with van der Waals surface area (Å²) < 4.78 is 0. The number of amides is 1. The Bertz CT molecular complexity index is 1280. The summed E-state index contributed by atoms with van der Waals surface area (Å²) in [6, 6.07) is 13.7. The number of thiophene rings is 1. The van der Waals surface area contributed by atoms with Crippen molar-refractivity contribution in [2.75, 3.05) is 6.54 Å². The summed E-state index contributed by atoms with van der Waals surface area (Å²) in [7, 11) is 0. The highest BCUT2D eigenvalue weighted by molar-refractivity contribution is 7.10. The minimum absolute atomic E-state index is 0.0674. The van der Waals surface area contributed by atoms with E-state index in [0.717, 1.165) is 16.0 Å². The molecule has 1 atom stereocenters. The highest BCUT2D eigenvalue weighted by Gasteiger charge is 2.46. The zero-order chi connectivity index (χ0) is 23.7. The molecule has 0 spiro atoms. The molecule has 1 unspecified atom stereocenters. The molecule has 0 radical (unpaired) electrons. The molecular formula is C24H19ClN2O5S. The fraction of sp³-hybridized carbons (Fsp3) is 0.167. The van der Waals surface area contributed by atoms with Crippen LogP contribution in [0, 0.1) is 17.0 Å². The van der Waals surface area contributed by atoms with Crippen LogP contribution in [0.5, 0.6) is 0 Å². The van der Waals surface area contributed by atoms with Crippen LogP contribution in [0.1, 0.15) is 27.6 Å². The van der Waals surface area contributed by atoms with Crippen molar-refractivity contribution in [1.29, 1.82) is 0 Å². The number of rotatable bonds is 6. The number of nitrogens with zero attached hydrogens (tertiary/aromatic N) is 2. The molecule has 168 valence electrons. The number of hydrogen-bond acceptors (Lipinski definition) is 6. The molecule has 9 heteroatoms. The Labute approximate surface area is 198 Å². The highest BCUT2D eigenvalue weighted by Crippen LogP contribution is 2.42. The monoisotopic (exact) mass is 482 g/mol. The molecule has 1 N–H and O–H groups in total. The SMILES string of the molecule is Cc1ccsc1C1/C(=C(/O)c2cccc([N+](=O)[O-])c2)C(=O)C(=O)N1CCc1ccc(Cl)cc1. The van der Waals surface area contributed by atoms with Gasteiger partial charge in [-0.25, -0.2) is 0 Å². The first kappa shape index (κ1) is 22.7. The Morgan fingerprint density at radius 3 is 2.55 bits per heavy atom. The van der Waals surface area contributed by atoms with E-state index in [0.29, 0.717) is 11.4 Å². The lowest BCUT2D eigenvalue weighted by atomic mass is 9.98. The van der Waals surface area contributed by atoms with Crippen LogP contribution in [0.3, 0.4) is 0 Å². The second-order valence-electron chi connectivity index (χ2n) is 7.64. The molecule has 33 heavy (non-hydrogen) atoms. The Kier molecular flexibility index (Phi) is 6.31. The molecule has 1 aliphatic heterocycles. The molecule has 0 aliphatic carbocycles.